The van der Waals surface area contributed by atoms with Crippen LogP contribution in [0.25, 0.3) is 0 Å². The molecule has 0 spiro atoms. The van der Waals surface area contributed by atoms with E-state index in [2.05, 4.69) is 24.9 Å². The Kier molecular flexibility index (Phi) is 4.66. The van der Waals surface area contributed by atoms with E-state index in [1.54, 1.807) is 0 Å². The number of nitrogens with two attached hydrogens (primary N) is 1. The maximum Gasteiger partial charge on any atom is 0.0511 e. The topological polar surface area (TPSA) is 29.3 Å². The summed E-state index contributed by atoms with van der Waals surface area (Å²) in [5.74, 6) is 0. The Labute approximate surface area is 115 Å². The average molecular weight is 267 g/mol. The molecule has 0 aliphatic heterocycles. The largest absolute Gasteiger partial charge is 0.326 e. The number of hydrogen-bond acceptors (Lipinski definition) is 2. The van der Waals surface area contributed by atoms with Gasteiger partial charge in [0.1, 0.15) is 0 Å². The van der Waals surface area contributed by atoms with Crippen LogP contribution in [0.3, 0.4) is 0 Å². The summed E-state index contributed by atoms with van der Waals surface area (Å²) in [5.41, 5.74) is 7.36. The van der Waals surface area contributed by atoms with Gasteiger partial charge in [0.2, 0.25) is 0 Å². The van der Waals surface area contributed by atoms with Crippen molar-refractivity contribution in [1.82, 2.24) is 4.90 Å². The summed E-state index contributed by atoms with van der Waals surface area (Å²) in [6, 6.07) is 9.00. The second-order valence-corrected chi connectivity index (χ2v) is 5.84. The van der Waals surface area contributed by atoms with Crippen molar-refractivity contribution in [3.05, 3.63) is 34.9 Å². The third-order valence-corrected chi connectivity index (χ3v) is 4.41. The molecule has 2 atom stereocenters. The molecular formula is C15H23ClN2. The van der Waals surface area contributed by atoms with Crippen LogP contribution >= 0.6 is 11.6 Å². The van der Waals surface area contributed by atoms with Crippen molar-refractivity contribution in [2.24, 2.45) is 5.73 Å². The summed E-state index contributed by atoms with van der Waals surface area (Å²) in [6.45, 7) is 2.07. The Morgan fingerprint density at radius 3 is 2.44 bits per heavy atom. The monoisotopic (exact) mass is 266 g/mol. The molecule has 1 aliphatic rings. The van der Waals surface area contributed by atoms with Gasteiger partial charge in [-0.05, 0) is 38.4 Å². The van der Waals surface area contributed by atoms with Crippen LogP contribution in [0.4, 0.5) is 0 Å². The minimum atomic E-state index is 0.0792. The second-order valence-electron chi connectivity index (χ2n) is 5.43. The molecule has 3 heteroatoms. The van der Waals surface area contributed by atoms with Gasteiger partial charge in [-0.3, -0.25) is 4.90 Å². The molecule has 1 aliphatic carbocycles. The lowest BCUT2D eigenvalue weighted by molar-refractivity contribution is 0.157. The van der Waals surface area contributed by atoms with Gasteiger partial charge in [0.05, 0.1) is 6.04 Å². The molecule has 0 bridgehead atoms. The van der Waals surface area contributed by atoms with E-state index in [-0.39, 0.29) is 12.1 Å². The molecule has 0 aromatic heterocycles. The standard InChI is InChI=1S/C15H23ClN2/c1-11(17)15(13-9-5-6-10-14(13)16)18(2)12-7-3-4-8-12/h5-6,9-12,15H,3-4,7-8,17H2,1-2H3. The zero-order valence-corrected chi connectivity index (χ0v) is 12.0. The number of rotatable bonds is 4. The molecule has 1 fully saturated rings. The Balaban J connectivity index is 2.25. The summed E-state index contributed by atoms with van der Waals surface area (Å²) < 4.78 is 0. The molecule has 100 valence electrons. The number of nitrogens with zero attached hydrogens (tertiary/aromatic N) is 1. The van der Waals surface area contributed by atoms with Crippen LogP contribution in [-0.2, 0) is 0 Å². The van der Waals surface area contributed by atoms with E-state index in [1.165, 1.54) is 25.7 Å². The summed E-state index contributed by atoms with van der Waals surface area (Å²) in [7, 11) is 2.19. The summed E-state index contributed by atoms with van der Waals surface area (Å²) in [6.07, 6.45) is 5.24. The predicted molar refractivity (Wildman–Crippen MR) is 77.9 cm³/mol. The van der Waals surface area contributed by atoms with Crippen LogP contribution in [0.15, 0.2) is 24.3 Å². The SMILES string of the molecule is CC(N)C(c1ccccc1Cl)N(C)C1CCCC1. The first-order valence-corrected chi connectivity index (χ1v) is 7.21. The van der Waals surface area contributed by atoms with Crippen LogP contribution in [0.1, 0.15) is 44.2 Å². The molecule has 2 N–H and O–H groups in total. The minimum Gasteiger partial charge on any atom is -0.326 e. The normalized spacial score (nSPS) is 20.3. The number of benzene rings is 1. The molecule has 0 saturated heterocycles. The average Bonchev–Trinajstić information content (AvgIpc) is 2.85. The quantitative estimate of drug-likeness (QED) is 0.902. The van der Waals surface area contributed by atoms with Gasteiger partial charge in [-0.15, -0.1) is 0 Å². The van der Waals surface area contributed by atoms with Gasteiger partial charge < -0.3 is 5.73 Å². The van der Waals surface area contributed by atoms with E-state index in [0.29, 0.717) is 6.04 Å². The lowest BCUT2D eigenvalue weighted by Gasteiger charge is -2.36. The molecular weight excluding hydrogens is 244 g/mol. The highest BCUT2D eigenvalue weighted by atomic mass is 35.5. The molecule has 18 heavy (non-hydrogen) atoms. The summed E-state index contributed by atoms with van der Waals surface area (Å²) >= 11 is 6.33. The highest BCUT2D eigenvalue weighted by molar-refractivity contribution is 6.31. The van der Waals surface area contributed by atoms with Crippen LogP contribution in [0, 0.1) is 0 Å². The van der Waals surface area contributed by atoms with Gasteiger partial charge in [0.15, 0.2) is 0 Å². The van der Waals surface area contributed by atoms with Crippen molar-refractivity contribution in [1.29, 1.82) is 0 Å². The molecule has 1 aromatic rings. The molecule has 2 unspecified atom stereocenters. The lowest BCUT2D eigenvalue weighted by Crippen LogP contribution is -2.42. The fraction of sp³-hybridized carbons (Fsp3) is 0.600. The van der Waals surface area contributed by atoms with Crippen molar-refractivity contribution in [2.45, 2.75) is 50.7 Å². The summed E-state index contributed by atoms with van der Waals surface area (Å²) in [4.78, 5) is 2.43. The lowest BCUT2D eigenvalue weighted by atomic mass is 9.97. The van der Waals surface area contributed by atoms with Crippen LogP contribution in [0.5, 0.6) is 0 Å². The Bertz CT molecular complexity index is 386. The van der Waals surface area contributed by atoms with E-state index in [0.717, 1.165) is 10.6 Å². The summed E-state index contributed by atoms with van der Waals surface area (Å²) in [5, 5.41) is 0.824. The Morgan fingerprint density at radius 2 is 1.89 bits per heavy atom. The van der Waals surface area contributed by atoms with E-state index in [4.69, 9.17) is 17.3 Å². The number of hydrogen-bond donors (Lipinski definition) is 1. The highest BCUT2D eigenvalue weighted by Gasteiger charge is 2.29. The van der Waals surface area contributed by atoms with Crippen molar-refractivity contribution in [2.75, 3.05) is 7.05 Å². The van der Waals surface area contributed by atoms with Crippen molar-refractivity contribution >= 4 is 11.6 Å². The fourth-order valence-electron chi connectivity index (χ4n) is 3.13. The van der Waals surface area contributed by atoms with Crippen molar-refractivity contribution < 1.29 is 0 Å². The van der Waals surface area contributed by atoms with E-state index >= 15 is 0 Å². The third kappa shape index (κ3) is 2.87. The van der Waals surface area contributed by atoms with Crippen molar-refractivity contribution in [3.8, 4) is 0 Å². The predicted octanol–water partition coefficient (Wildman–Crippen LogP) is 3.60. The van der Waals surface area contributed by atoms with Gasteiger partial charge in [0, 0.05) is 17.1 Å². The van der Waals surface area contributed by atoms with Gasteiger partial charge in [-0.25, -0.2) is 0 Å². The number of likely N-dealkylation sites (N-methyl/N-ethyl adjacent to an activating group) is 1. The van der Waals surface area contributed by atoms with Gasteiger partial charge >= 0.3 is 0 Å². The zero-order chi connectivity index (χ0) is 13.1. The van der Waals surface area contributed by atoms with Gasteiger partial charge in [0.25, 0.3) is 0 Å². The first-order chi connectivity index (χ1) is 8.61. The maximum absolute atomic E-state index is 6.33. The smallest absolute Gasteiger partial charge is 0.0511 e. The first-order valence-electron chi connectivity index (χ1n) is 6.83. The minimum absolute atomic E-state index is 0.0792. The van der Waals surface area contributed by atoms with Crippen molar-refractivity contribution in [3.63, 3.8) is 0 Å². The molecule has 1 aromatic carbocycles. The molecule has 0 heterocycles. The van der Waals surface area contributed by atoms with E-state index < -0.39 is 0 Å². The maximum atomic E-state index is 6.33. The Morgan fingerprint density at radius 1 is 1.28 bits per heavy atom. The third-order valence-electron chi connectivity index (χ3n) is 4.06. The second kappa shape index (κ2) is 6.05. The first kappa shape index (κ1) is 13.9. The van der Waals surface area contributed by atoms with Crippen LogP contribution < -0.4 is 5.73 Å². The van der Waals surface area contributed by atoms with Crippen LogP contribution in [-0.4, -0.2) is 24.0 Å². The van der Waals surface area contributed by atoms with Crippen LogP contribution in [0.2, 0.25) is 5.02 Å². The van der Waals surface area contributed by atoms with Gasteiger partial charge in [-0.1, -0.05) is 42.6 Å². The molecule has 1 saturated carbocycles. The molecule has 2 nitrogen and oxygen atoms in total. The molecule has 0 amide bonds. The highest BCUT2D eigenvalue weighted by Crippen LogP contribution is 2.34. The molecule has 0 radical (unpaired) electrons. The fourth-order valence-corrected chi connectivity index (χ4v) is 3.37. The number of halogens is 1. The zero-order valence-electron chi connectivity index (χ0n) is 11.3. The molecule has 2 rings (SSSR count). The Hall–Kier alpha value is -0.570. The van der Waals surface area contributed by atoms with E-state index in [9.17, 15) is 0 Å². The van der Waals surface area contributed by atoms with Gasteiger partial charge in [-0.2, -0.15) is 0 Å². The van der Waals surface area contributed by atoms with E-state index in [1.807, 2.05) is 18.2 Å².